The van der Waals surface area contributed by atoms with Gasteiger partial charge < -0.3 is 14.2 Å². The fraction of sp³-hybridized carbons (Fsp3) is 0.200. The second-order valence-corrected chi connectivity index (χ2v) is 6.56. The molecule has 1 atom stereocenters. The summed E-state index contributed by atoms with van der Waals surface area (Å²) in [5.41, 5.74) is 0.893. The van der Waals surface area contributed by atoms with Crippen molar-refractivity contribution in [1.29, 1.82) is 0 Å². The quantitative estimate of drug-likeness (QED) is 0.519. The molecule has 7 heteroatoms. The van der Waals surface area contributed by atoms with Crippen molar-refractivity contribution in [3.05, 3.63) is 63.3 Å². The van der Waals surface area contributed by atoms with Gasteiger partial charge in [0, 0.05) is 21.7 Å². The number of hydrogen-bond donors (Lipinski definition) is 0. The number of Topliss-reactive ketones (excluding diaryl/α,β-unsaturated/α-hetero) is 1. The molecular formula is C20H16Cl2O5. The summed E-state index contributed by atoms with van der Waals surface area (Å²) < 4.78 is 16.1. The molecule has 140 valence electrons. The van der Waals surface area contributed by atoms with Crippen LogP contribution in [0.15, 0.2) is 42.2 Å². The van der Waals surface area contributed by atoms with Crippen LogP contribution < -0.4 is 9.47 Å². The fourth-order valence-corrected chi connectivity index (χ4v) is 3.04. The summed E-state index contributed by atoms with van der Waals surface area (Å²) in [6.07, 6.45) is 0.728. The molecule has 1 aliphatic rings. The number of ketones is 1. The zero-order valence-corrected chi connectivity index (χ0v) is 16.1. The minimum absolute atomic E-state index is 0.107. The Kier molecular flexibility index (Phi) is 5.73. The van der Waals surface area contributed by atoms with E-state index in [9.17, 15) is 9.59 Å². The maximum atomic E-state index is 12.6. The molecule has 0 aromatic heterocycles. The van der Waals surface area contributed by atoms with E-state index in [2.05, 4.69) is 0 Å². The van der Waals surface area contributed by atoms with Crippen LogP contribution in [0.5, 0.6) is 11.5 Å². The minimum Gasteiger partial charge on any atom is -0.479 e. The molecule has 5 nitrogen and oxygen atoms in total. The molecular weight excluding hydrogens is 391 g/mol. The summed E-state index contributed by atoms with van der Waals surface area (Å²) in [6, 6.07) is 9.80. The number of allylic oxidation sites excluding steroid dienone is 1. The van der Waals surface area contributed by atoms with Crippen molar-refractivity contribution in [2.75, 3.05) is 6.61 Å². The van der Waals surface area contributed by atoms with E-state index in [1.807, 2.05) is 0 Å². The Morgan fingerprint density at radius 3 is 2.59 bits per heavy atom. The van der Waals surface area contributed by atoms with Gasteiger partial charge in [0.1, 0.15) is 11.5 Å². The third-order valence-corrected chi connectivity index (χ3v) is 4.51. The summed E-state index contributed by atoms with van der Waals surface area (Å²) in [5, 5.41) is 0.823. The lowest BCUT2D eigenvalue weighted by Gasteiger charge is -2.13. The van der Waals surface area contributed by atoms with E-state index in [0.717, 1.165) is 0 Å². The van der Waals surface area contributed by atoms with Gasteiger partial charge in [0.15, 0.2) is 11.9 Å². The van der Waals surface area contributed by atoms with Gasteiger partial charge in [0.2, 0.25) is 5.78 Å². The Labute approximate surface area is 166 Å². The maximum absolute atomic E-state index is 12.6. The number of halogens is 2. The van der Waals surface area contributed by atoms with Gasteiger partial charge in [0.05, 0.1) is 12.2 Å². The van der Waals surface area contributed by atoms with Crippen LogP contribution in [-0.2, 0) is 9.53 Å². The summed E-state index contributed by atoms with van der Waals surface area (Å²) in [6.45, 7) is 3.58. The first-order chi connectivity index (χ1) is 12.9. The highest BCUT2D eigenvalue weighted by molar-refractivity contribution is 6.37. The molecule has 0 amide bonds. The van der Waals surface area contributed by atoms with Gasteiger partial charge >= 0.3 is 5.97 Å². The van der Waals surface area contributed by atoms with E-state index in [-0.39, 0.29) is 18.1 Å². The van der Waals surface area contributed by atoms with E-state index < -0.39 is 12.1 Å². The maximum Gasteiger partial charge on any atom is 0.347 e. The van der Waals surface area contributed by atoms with Crippen molar-refractivity contribution in [1.82, 2.24) is 0 Å². The molecule has 1 aliphatic heterocycles. The highest BCUT2D eigenvalue weighted by atomic mass is 35.5. The Morgan fingerprint density at radius 2 is 1.93 bits per heavy atom. The predicted octanol–water partition coefficient (Wildman–Crippen LogP) is 4.94. The molecule has 0 N–H and O–H groups in total. The zero-order chi connectivity index (χ0) is 19.6. The Morgan fingerprint density at radius 1 is 1.22 bits per heavy atom. The van der Waals surface area contributed by atoms with Crippen molar-refractivity contribution in [3.8, 4) is 11.5 Å². The van der Waals surface area contributed by atoms with Gasteiger partial charge in [-0.15, -0.1) is 0 Å². The lowest BCUT2D eigenvalue weighted by atomic mass is 10.1. The smallest absolute Gasteiger partial charge is 0.347 e. The lowest BCUT2D eigenvalue weighted by molar-refractivity contribution is -0.150. The largest absolute Gasteiger partial charge is 0.479 e. The summed E-state index contributed by atoms with van der Waals surface area (Å²) in [4.78, 5) is 24.2. The van der Waals surface area contributed by atoms with Gasteiger partial charge in [-0.3, -0.25) is 4.79 Å². The van der Waals surface area contributed by atoms with Gasteiger partial charge in [0.25, 0.3) is 0 Å². The topological polar surface area (TPSA) is 61.8 Å². The average Bonchev–Trinajstić information content (AvgIpc) is 2.93. The Balaban J connectivity index is 1.83. The summed E-state index contributed by atoms with van der Waals surface area (Å²) in [5.74, 6) is 0.0765. The predicted molar refractivity (Wildman–Crippen MR) is 103 cm³/mol. The third kappa shape index (κ3) is 4.10. The number of carbonyl (C=O) groups excluding carboxylic acids is 2. The molecule has 0 radical (unpaired) electrons. The van der Waals surface area contributed by atoms with Gasteiger partial charge in [-0.1, -0.05) is 29.3 Å². The summed E-state index contributed by atoms with van der Waals surface area (Å²) >= 11 is 12.3. The molecule has 0 aliphatic carbocycles. The van der Waals surface area contributed by atoms with Crippen LogP contribution in [0.4, 0.5) is 0 Å². The number of carbonyl (C=O) groups is 2. The molecule has 3 rings (SSSR count). The lowest BCUT2D eigenvalue weighted by Crippen LogP contribution is -2.26. The van der Waals surface area contributed by atoms with E-state index in [0.29, 0.717) is 32.7 Å². The molecule has 27 heavy (non-hydrogen) atoms. The van der Waals surface area contributed by atoms with Crippen LogP contribution in [0.25, 0.3) is 6.08 Å². The number of rotatable bonds is 5. The van der Waals surface area contributed by atoms with Crippen LogP contribution in [0.1, 0.15) is 29.8 Å². The van der Waals surface area contributed by atoms with E-state index in [4.69, 9.17) is 37.4 Å². The van der Waals surface area contributed by atoms with Crippen LogP contribution in [-0.4, -0.2) is 24.5 Å². The molecule has 0 spiro atoms. The second-order valence-electron chi connectivity index (χ2n) is 5.75. The fourth-order valence-electron chi connectivity index (χ4n) is 2.53. The molecule has 2 aromatic rings. The zero-order valence-electron chi connectivity index (χ0n) is 14.6. The first-order valence-corrected chi connectivity index (χ1v) is 9.02. The van der Waals surface area contributed by atoms with Crippen LogP contribution in [0, 0.1) is 0 Å². The van der Waals surface area contributed by atoms with Crippen molar-refractivity contribution < 1.29 is 23.8 Å². The van der Waals surface area contributed by atoms with Crippen molar-refractivity contribution >= 4 is 41.0 Å². The molecule has 0 fully saturated rings. The number of fused-ring (bicyclic) bond motifs is 1. The molecule has 0 saturated heterocycles. The van der Waals surface area contributed by atoms with Gasteiger partial charge in [-0.25, -0.2) is 4.79 Å². The first kappa shape index (κ1) is 19.3. The Hall–Kier alpha value is -2.50. The van der Waals surface area contributed by atoms with Crippen LogP contribution in [0.3, 0.4) is 0 Å². The van der Waals surface area contributed by atoms with Crippen LogP contribution >= 0.6 is 23.2 Å². The SMILES string of the molecule is CCOC(=O)[C@H](C)Oc1ccc2c(c1)O/C(=C\c1c(Cl)cccc1Cl)C2=O. The van der Waals surface area contributed by atoms with Gasteiger partial charge in [-0.2, -0.15) is 0 Å². The van der Waals surface area contributed by atoms with Crippen molar-refractivity contribution in [2.45, 2.75) is 20.0 Å². The van der Waals surface area contributed by atoms with E-state index in [1.165, 1.54) is 6.08 Å². The van der Waals surface area contributed by atoms with Crippen molar-refractivity contribution in [2.24, 2.45) is 0 Å². The molecule has 1 heterocycles. The normalized spacial score (nSPS) is 15.3. The first-order valence-electron chi connectivity index (χ1n) is 8.26. The number of esters is 1. The number of benzene rings is 2. The molecule has 0 bridgehead atoms. The third-order valence-electron chi connectivity index (χ3n) is 3.85. The van der Waals surface area contributed by atoms with E-state index in [1.54, 1.807) is 50.2 Å². The standard InChI is InChI=1S/C20H16Cl2O5/c1-3-25-20(24)11(2)26-12-7-8-13-17(9-12)27-18(19(13)23)10-14-15(21)5-4-6-16(14)22/h4-11H,3H2,1-2H3/b18-10-/t11-/m0/s1. The van der Waals surface area contributed by atoms with E-state index >= 15 is 0 Å². The summed E-state index contributed by atoms with van der Waals surface area (Å²) in [7, 11) is 0. The molecule has 0 saturated carbocycles. The number of ether oxygens (including phenoxy) is 3. The van der Waals surface area contributed by atoms with Crippen molar-refractivity contribution in [3.63, 3.8) is 0 Å². The monoisotopic (exact) mass is 406 g/mol. The molecule has 2 aromatic carbocycles. The second kappa shape index (κ2) is 8.03. The molecule has 0 unspecified atom stereocenters. The highest BCUT2D eigenvalue weighted by Crippen LogP contribution is 2.36. The van der Waals surface area contributed by atoms with Crippen LogP contribution in [0.2, 0.25) is 10.0 Å². The Bertz CT molecular complexity index is 916. The number of hydrogen-bond acceptors (Lipinski definition) is 5. The van der Waals surface area contributed by atoms with Gasteiger partial charge in [-0.05, 0) is 44.2 Å². The highest BCUT2D eigenvalue weighted by Gasteiger charge is 2.29. The minimum atomic E-state index is -0.781. The average molecular weight is 407 g/mol.